The van der Waals surface area contributed by atoms with E-state index in [2.05, 4.69) is 15.3 Å². The smallest absolute Gasteiger partial charge is 0.257 e. The van der Waals surface area contributed by atoms with Gasteiger partial charge in [0.1, 0.15) is 0 Å². The number of anilines is 1. The van der Waals surface area contributed by atoms with Gasteiger partial charge in [-0.2, -0.15) is 0 Å². The lowest BCUT2D eigenvalue weighted by Gasteiger charge is -2.11. The van der Waals surface area contributed by atoms with Crippen molar-refractivity contribution in [2.75, 3.05) is 5.32 Å². The predicted octanol–water partition coefficient (Wildman–Crippen LogP) is 3.54. The van der Waals surface area contributed by atoms with Gasteiger partial charge < -0.3 is 15.4 Å². The van der Waals surface area contributed by atoms with Crippen molar-refractivity contribution in [1.82, 2.24) is 9.97 Å². The molecule has 22 heavy (non-hydrogen) atoms. The van der Waals surface area contributed by atoms with Gasteiger partial charge in [-0.3, -0.25) is 9.78 Å². The molecule has 1 aromatic carbocycles. The maximum Gasteiger partial charge on any atom is 0.257 e. The third-order valence-electron chi connectivity index (χ3n) is 3.25. The number of rotatable bonds is 3. The van der Waals surface area contributed by atoms with Crippen molar-refractivity contribution < 1.29 is 9.90 Å². The molecule has 0 spiro atoms. The molecule has 1 atom stereocenters. The van der Waals surface area contributed by atoms with Crippen LogP contribution < -0.4 is 5.32 Å². The highest BCUT2D eigenvalue weighted by Crippen LogP contribution is 2.28. The molecule has 0 bridgehead atoms. The van der Waals surface area contributed by atoms with E-state index >= 15 is 0 Å². The molecule has 1 unspecified atom stereocenters. The van der Waals surface area contributed by atoms with E-state index in [9.17, 15) is 9.90 Å². The summed E-state index contributed by atoms with van der Waals surface area (Å²) in [7, 11) is 0. The van der Waals surface area contributed by atoms with Crippen molar-refractivity contribution in [2.24, 2.45) is 0 Å². The number of aromatic nitrogens is 2. The zero-order valence-electron chi connectivity index (χ0n) is 11.2. The number of aliphatic hydroxyl groups excluding tert-OH is 1. The van der Waals surface area contributed by atoms with E-state index in [0.29, 0.717) is 26.7 Å². The quantitative estimate of drug-likeness (QED) is 0.684. The number of pyridine rings is 1. The zero-order chi connectivity index (χ0) is 15.7. The van der Waals surface area contributed by atoms with Gasteiger partial charge in [-0.15, -0.1) is 0 Å². The summed E-state index contributed by atoms with van der Waals surface area (Å²) in [6, 6.07) is 6.76. The topological polar surface area (TPSA) is 78.0 Å². The second kappa shape index (κ2) is 5.96. The number of H-pyrrole nitrogens is 1. The Bertz CT molecular complexity index is 848. The fourth-order valence-electron chi connectivity index (χ4n) is 2.16. The van der Waals surface area contributed by atoms with Gasteiger partial charge in [-0.25, -0.2) is 0 Å². The lowest BCUT2D eigenvalue weighted by molar-refractivity contribution is -0.124. The van der Waals surface area contributed by atoms with Crippen molar-refractivity contribution in [2.45, 2.75) is 6.10 Å². The molecule has 0 saturated heterocycles. The summed E-state index contributed by atoms with van der Waals surface area (Å²) in [5.41, 5.74) is 1.62. The first-order chi connectivity index (χ1) is 10.6. The van der Waals surface area contributed by atoms with Gasteiger partial charge in [0.2, 0.25) is 0 Å². The molecule has 0 aliphatic heterocycles. The number of carbonyl (C=O) groups excluding carboxylic acids is 1. The van der Waals surface area contributed by atoms with Gasteiger partial charge in [0.15, 0.2) is 6.10 Å². The standard InChI is InChI=1S/C15H11Cl2N3O2/c16-8-1-2-12-9(5-8)10(6-19-12)14(21)15(22)20-13-3-4-18-7-11(13)17/h1-7,14,19,21H,(H,18,20,22). The van der Waals surface area contributed by atoms with Crippen molar-refractivity contribution in [3.63, 3.8) is 0 Å². The number of aromatic amines is 1. The first kappa shape index (κ1) is 14.8. The molecule has 5 nitrogen and oxygen atoms in total. The molecule has 0 aliphatic carbocycles. The lowest BCUT2D eigenvalue weighted by Crippen LogP contribution is -2.20. The van der Waals surface area contributed by atoms with Crippen LogP contribution in [0.4, 0.5) is 5.69 Å². The minimum Gasteiger partial charge on any atom is -0.378 e. The van der Waals surface area contributed by atoms with Crippen molar-refractivity contribution in [3.05, 3.63) is 58.5 Å². The van der Waals surface area contributed by atoms with Gasteiger partial charge in [-0.1, -0.05) is 23.2 Å². The Hall–Kier alpha value is -2.08. The van der Waals surface area contributed by atoms with Gasteiger partial charge in [0.05, 0.1) is 10.7 Å². The molecule has 0 saturated carbocycles. The van der Waals surface area contributed by atoms with E-state index in [-0.39, 0.29) is 0 Å². The largest absolute Gasteiger partial charge is 0.378 e. The first-order valence-corrected chi connectivity index (χ1v) is 7.17. The number of hydrogen-bond donors (Lipinski definition) is 3. The molecule has 2 heterocycles. The summed E-state index contributed by atoms with van der Waals surface area (Å²) >= 11 is 11.9. The zero-order valence-corrected chi connectivity index (χ0v) is 12.7. The molecule has 1 amide bonds. The number of halogens is 2. The summed E-state index contributed by atoms with van der Waals surface area (Å²) in [6.45, 7) is 0. The molecule has 112 valence electrons. The monoisotopic (exact) mass is 335 g/mol. The number of nitrogens with zero attached hydrogens (tertiary/aromatic N) is 1. The number of fused-ring (bicyclic) bond motifs is 1. The molecule has 3 N–H and O–H groups in total. The Morgan fingerprint density at radius 2 is 2.14 bits per heavy atom. The highest BCUT2D eigenvalue weighted by molar-refractivity contribution is 6.33. The van der Waals surface area contributed by atoms with E-state index in [4.69, 9.17) is 23.2 Å². The van der Waals surface area contributed by atoms with Crippen LogP contribution in [-0.4, -0.2) is 21.0 Å². The Morgan fingerprint density at radius 1 is 1.32 bits per heavy atom. The van der Waals surface area contributed by atoms with Gasteiger partial charge in [-0.05, 0) is 24.3 Å². The average Bonchev–Trinajstić information content (AvgIpc) is 2.91. The Labute approximate surface area is 135 Å². The fourth-order valence-corrected chi connectivity index (χ4v) is 2.50. The summed E-state index contributed by atoms with van der Waals surface area (Å²) in [4.78, 5) is 19.0. The second-order valence-electron chi connectivity index (χ2n) is 4.68. The number of amides is 1. The number of nitrogens with one attached hydrogen (secondary N) is 2. The first-order valence-electron chi connectivity index (χ1n) is 6.41. The summed E-state index contributed by atoms with van der Waals surface area (Å²) in [6.07, 6.45) is 3.14. The molecule has 0 radical (unpaired) electrons. The van der Waals surface area contributed by atoms with Crippen molar-refractivity contribution in [1.29, 1.82) is 0 Å². The van der Waals surface area contributed by atoms with Crippen molar-refractivity contribution >= 4 is 45.7 Å². The number of carbonyl (C=O) groups is 1. The molecule has 3 rings (SSSR count). The third kappa shape index (κ3) is 2.78. The summed E-state index contributed by atoms with van der Waals surface area (Å²) in [5, 5.41) is 14.4. The lowest BCUT2D eigenvalue weighted by atomic mass is 10.1. The van der Waals surface area contributed by atoms with Crippen LogP contribution in [-0.2, 0) is 4.79 Å². The van der Waals surface area contributed by atoms with E-state index < -0.39 is 12.0 Å². The van der Waals surface area contributed by atoms with Crippen LogP contribution in [0.5, 0.6) is 0 Å². The third-order valence-corrected chi connectivity index (χ3v) is 3.79. The summed E-state index contributed by atoms with van der Waals surface area (Å²) in [5.74, 6) is -0.589. The molecule has 3 aromatic rings. The minimum atomic E-state index is -1.35. The highest BCUT2D eigenvalue weighted by atomic mass is 35.5. The van der Waals surface area contributed by atoms with E-state index in [0.717, 1.165) is 5.52 Å². The Kier molecular flexibility index (Phi) is 4.02. The van der Waals surface area contributed by atoms with Gasteiger partial charge in [0.25, 0.3) is 5.91 Å². The van der Waals surface area contributed by atoms with Crippen LogP contribution >= 0.6 is 23.2 Å². The van der Waals surface area contributed by atoms with Crippen LogP contribution in [0.2, 0.25) is 10.0 Å². The van der Waals surface area contributed by atoms with Crippen LogP contribution in [0.1, 0.15) is 11.7 Å². The number of aliphatic hydroxyl groups is 1. The van der Waals surface area contributed by atoms with Crippen LogP contribution in [0, 0.1) is 0 Å². The predicted molar refractivity (Wildman–Crippen MR) is 86.1 cm³/mol. The van der Waals surface area contributed by atoms with Crippen LogP contribution in [0.25, 0.3) is 10.9 Å². The van der Waals surface area contributed by atoms with E-state index in [1.165, 1.54) is 12.4 Å². The number of hydrogen-bond acceptors (Lipinski definition) is 3. The SMILES string of the molecule is O=C(Nc1ccncc1Cl)C(O)c1c[nH]c2ccc(Cl)cc12. The minimum absolute atomic E-state index is 0.296. The van der Waals surface area contributed by atoms with Crippen LogP contribution in [0.15, 0.2) is 42.9 Å². The van der Waals surface area contributed by atoms with Gasteiger partial charge >= 0.3 is 0 Å². The van der Waals surface area contributed by atoms with Crippen molar-refractivity contribution in [3.8, 4) is 0 Å². The normalized spacial score (nSPS) is 12.3. The highest BCUT2D eigenvalue weighted by Gasteiger charge is 2.21. The van der Waals surface area contributed by atoms with Gasteiger partial charge in [0, 0.05) is 40.1 Å². The second-order valence-corrected chi connectivity index (χ2v) is 5.52. The Morgan fingerprint density at radius 3 is 2.91 bits per heavy atom. The Balaban J connectivity index is 1.89. The molecule has 7 heteroatoms. The molecule has 0 fully saturated rings. The van der Waals surface area contributed by atoms with Crippen LogP contribution in [0.3, 0.4) is 0 Å². The molecular weight excluding hydrogens is 325 g/mol. The maximum absolute atomic E-state index is 12.2. The van der Waals surface area contributed by atoms with E-state index in [1.54, 1.807) is 30.5 Å². The van der Waals surface area contributed by atoms with E-state index in [1.807, 2.05) is 0 Å². The number of benzene rings is 1. The molecular formula is C15H11Cl2N3O2. The molecule has 2 aromatic heterocycles. The fraction of sp³-hybridized carbons (Fsp3) is 0.0667. The average molecular weight is 336 g/mol. The molecule has 0 aliphatic rings. The maximum atomic E-state index is 12.2. The summed E-state index contributed by atoms with van der Waals surface area (Å²) < 4.78 is 0.